The maximum absolute atomic E-state index is 14.5. The van der Waals surface area contributed by atoms with Crippen LogP contribution in [-0.4, -0.2) is 26.0 Å². The van der Waals surface area contributed by atoms with Crippen molar-refractivity contribution in [1.29, 1.82) is 0 Å². The van der Waals surface area contributed by atoms with Crippen LogP contribution in [0.3, 0.4) is 0 Å². The fraction of sp³-hybridized carbons (Fsp3) is 0.222. The Morgan fingerprint density at radius 2 is 2.15 bits per heavy atom. The number of carbonyl (C=O) groups is 1. The maximum atomic E-state index is 14.5. The summed E-state index contributed by atoms with van der Waals surface area (Å²) in [4.78, 5) is 18.4. The minimum atomic E-state index is -1.42. The predicted molar refractivity (Wildman–Crippen MR) is 87.0 cm³/mol. The van der Waals surface area contributed by atoms with Crippen LogP contribution >= 0.6 is 0 Å². The highest BCUT2D eigenvalue weighted by atomic mass is 19.1. The van der Waals surface area contributed by atoms with Crippen LogP contribution in [0.15, 0.2) is 40.9 Å². The van der Waals surface area contributed by atoms with Crippen molar-refractivity contribution in [3.05, 3.63) is 65.1 Å². The third kappa shape index (κ3) is 2.83. The number of pyridine rings is 1. The van der Waals surface area contributed by atoms with Crippen molar-refractivity contribution in [2.45, 2.75) is 26.2 Å². The standard InChI is InChI=1S/C18H14F2N4O2/c1-10(19)16-22-23-17(26-16)11-6-13-14(15(20)7-11)9-24(18(13)25)8-12-4-2-3-5-21-12/h2-7,10H,8-9H2,1H3. The molecule has 8 heteroatoms. The molecule has 1 unspecified atom stereocenters. The second-order valence-corrected chi connectivity index (χ2v) is 6.03. The van der Waals surface area contributed by atoms with Crippen molar-refractivity contribution >= 4 is 5.91 Å². The maximum Gasteiger partial charge on any atom is 0.254 e. The zero-order valence-corrected chi connectivity index (χ0v) is 13.8. The van der Waals surface area contributed by atoms with Crippen LogP contribution in [0.5, 0.6) is 0 Å². The van der Waals surface area contributed by atoms with E-state index in [0.717, 1.165) is 0 Å². The molecule has 0 radical (unpaired) electrons. The van der Waals surface area contributed by atoms with E-state index in [1.165, 1.54) is 24.0 Å². The van der Waals surface area contributed by atoms with Crippen molar-refractivity contribution < 1.29 is 18.0 Å². The molecule has 0 N–H and O–H groups in total. The van der Waals surface area contributed by atoms with Gasteiger partial charge >= 0.3 is 0 Å². The van der Waals surface area contributed by atoms with Crippen LogP contribution in [-0.2, 0) is 13.1 Å². The molecule has 4 rings (SSSR count). The van der Waals surface area contributed by atoms with E-state index in [2.05, 4.69) is 15.2 Å². The first-order valence-electron chi connectivity index (χ1n) is 8.02. The lowest BCUT2D eigenvalue weighted by atomic mass is 10.1. The lowest BCUT2D eigenvalue weighted by Gasteiger charge is -2.14. The van der Waals surface area contributed by atoms with Crippen LogP contribution < -0.4 is 0 Å². The lowest BCUT2D eigenvalue weighted by Crippen LogP contribution is -2.23. The van der Waals surface area contributed by atoms with Gasteiger partial charge < -0.3 is 9.32 Å². The lowest BCUT2D eigenvalue weighted by molar-refractivity contribution is 0.0764. The molecule has 1 aliphatic rings. The Labute approximate surface area is 147 Å². The van der Waals surface area contributed by atoms with Crippen LogP contribution in [0.25, 0.3) is 11.5 Å². The Morgan fingerprint density at radius 3 is 2.85 bits per heavy atom. The topological polar surface area (TPSA) is 72.1 Å². The number of halogens is 2. The summed E-state index contributed by atoms with van der Waals surface area (Å²) in [6.07, 6.45) is 0.215. The zero-order valence-electron chi connectivity index (χ0n) is 13.8. The summed E-state index contributed by atoms with van der Waals surface area (Å²) in [6.45, 7) is 1.71. The summed E-state index contributed by atoms with van der Waals surface area (Å²) >= 11 is 0. The van der Waals surface area contributed by atoms with E-state index >= 15 is 0 Å². The summed E-state index contributed by atoms with van der Waals surface area (Å²) in [6, 6.07) is 8.13. The Bertz CT molecular complexity index is 973. The number of aromatic nitrogens is 3. The van der Waals surface area contributed by atoms with Gasteiger partial charge in [-0.3, -0.25) is 9.78 Å². The number of carbonyl (C=O) groups excluding carboxylic acids is 1. The third-order valence-electron chi connectivity index (χ3n) is 4.17. The fourth-order valence-corrected chi connectivity index (χ4v) is 2.87. The van der Waals surface area contributed by atoms with E-state index in [1.54, 1.807) is 18.3 Å². The number of nitrogens with zero attached hydrogens (tertiary/aromatic N) is 4. The number of rotatable bonds is 4. The van der Waals surface area contributed by atoms with Crippen LogP contribution in [0.1, 0.15) is 40.6 Å². The first-order chi connectivity index (χ1) is 12.5. The van der Waals surface area contributed by atoms with E-state index < -0.39 is 12.0 Å². The first kappa shape index (κ1) is 16.3. The van der Waals surface area contributed by atoms with Crippen molar-refractivity contribution in [2.75, 3.05) is 0 Å². The molecule has 26 heavy (non-hydrogen) atoms. The van der Waals surface area contributed by atoms with Crippen LogP contribution in [0.4, 0.5) is 8.78 Å². The average Bonchev–Trinajstić information content (AvgIpc) is 3.23. The molecule has 132 valence electrons. The molecule has 1 amide bonds. The number of fused-ring (bicyclic) bond motifs is 1. The van der Waals surface area contributed by atoms with Crippen molar-refractivity contribution in [3.8, 4) is 11.5 Å². The molecule has 0 fully saturated rings. The van der Waals surface area contributed by atoms with Gasteiger partial charge in [0.15, 0.2) is 6.17 Å². The monoisotopic (exact) mass is 356 g/mol. The average molecular weight is 356 g/mol. The van der Waals surface area contributed by atoms with Gasteiger partial charge in [-0.05, 0) is 31.2 Å². The molecular formula is C18H14F2N4O2. The van der Waals surface area contributed by atoms with Crippen molar-refractivity contribution in [2.24, 2.45) is 0 Å². The molecule has 0 saturated heterocycles. The van der Waals surface area contributed by atoms with Crippen LogP contribution in [0, 0.1) is 5.82 Å². The highest BCUT2D eigenvalue weighted by molar-refractivity contribution is 5.99. The van der Waals surface area contributed by atoms with E-state index in [-0.39, 0.29) is 41.9 Å². The molecular weight excluding hydrogens is 342 g/mol. The van der Waals surface area contributed by atoms with Crippen molar-refractivity contribution in [1.82, 2.24) is 20.1 Å². The van der Waals surface area contributed by atoms with Gasteiger partial charge in [0.05, 0.1) is 18.8 Å². The Kier molecular flexibility index (Phi) is 3.95. The molecule has 0 saturated carbocycles. The van der Waals surface area contributed by atoms with Crippen LogP contribution in [0.2, 0.25) is 0 Å². The van der Waals surface area contributed by atoms with Gasteiger partial charge in [0, 0.05) is 22.9 Å². The predicted octanol–water partition coefficient (Wildman–Crippen LogP) is 3.46. The normalized spacial score (nSPS) is 14.6. The quantitative estimate of drug-likeness (QED) is 0.716. The minimum Gasteiger partial charge on any atom is -0.418 e. The van der Waals surface area contributed by atoms with Crippen molar-refractivity contribution in [3.63, 3.8) is 0 Å². The molecule has 1 aliphatic heterocycles. The second kappa shape index (κ2) is 6.29. The highest BCUT2D eigenvalue weighted by Gasteiger charge is 2.31. The van der Waals surface area contributed by atoms with E-state index in [1.807, 2.05) is 6.07 Å². The second-order valence-electron chi connectivity index (χ2n) is 6.03. The molecule has 2 aromatic heterocycles. The van der Waals surface area contributed by atoms with E-state index in [9.17, 15) is 13.6 Å². The summed E-state index contributed by atoms with van der Waals surface area (Å²) in [5, 5.41) is 7.32. The van der Waals surface area contributed by atoms with E-state index in [4.69, 9.17) is 4.42 Å². The number of hydrogen-bond acceptors (Lipinski definition) is 5. The zero-order chi connectivity index (χ0) is 18.3. The highest BCUT2D eigenvalue weighted by Crippen LogP contribution is 2.31. The molecule has 6 nitrogen and oxygen atoms in total. The molecule has 3 heterocycles. The van der Waals surface area contributed by atoms with Gasteiger partial charge in [0.1, 0.15) is 5.82 Å². The molecule has 1 atom stereocenters. The third-order valence-corrected chi connectivity index (χ3v) is 4.17. The molecule has 0 bridgehead atoms. The summed E-state index contributed by atoms with van der Waals surface area (Å²) in [7, 11) is 0. The number of alkyl halides is 1. The largest absolute Gasteiger partial charge is 0.418 e. The summed E-state index contributed by atoms with van der Waals surface area (Å²) in [5.41, 5.74) is 1.51. The SMILES string of the molecule is CC(F)c1nnc(-c2cc(F)c3c(c2)C(=O)N(Cc2ccccn2)C3)o1. The Morgan fingerprint density at radius 1 is 1.31 bits per heavy atom. The Hall–Kier alpha value is -3.16. The Balaban J connectivity index is 1.65. The number of benzene rings is 1. The van der Waals surface area contributed by atoms with Gasteiger partial charge in [0.2, 0.25) is 5.89 Å². The van der Waals surface area contributed by atoms with Gasteiger partial charge in [-0.25, -0.2) is 8.78 Å². The van der Waals surface area contributed by atoms with Gasteiger partial charge in [-0.1, -0.05) is 6.07 Å². The van der Waals surface area contributed by atoms with Gasteiger partial charge in [-0.15, -0.1) is 10.2 Å². The molecule has 0 spiro atoms. The summed E-state index contributed by atoms with van der Waals surface area (Å²) in [5.74, 6) is -1.06. The summed E-state index contributed by atoms with van der Waals surface area (Å²) < 4.78 is 33.0. The van der Waals surface area contributed by atoms with E-state index in [0.29, 0.717) is 11.3 Å². The smallest absolute Gasteiger partial charge is 0.254 e. The molecule has 3 aromatic rings. The first-order valence-corrected chi connectivity index (χ1v) is 8.02. The van der Waals surface area contributed by atoms with Gasteiger partial charge in [-0.2, -0.15) is 0 Å². The van der Waals surface area contributed by atoms with Gasteiger partial charge in [0.25, 0.3) is 11.8 Å². The number of hydrogen-bond donors (Lipinski definition) is 0. The minimum absolute atomic E-state index is 0.0258. The number of amides is 1. The fourth-order valence-electron chi connectivity index (χ4n) is 2.87. The molecule has 0 aliphatic carbocycles. The molecule has 1 aromatic carbocycles.